The molecule has 0 saturated carbocycles. The van der Waals surface area contributed by atoms with Crippen LogP contribution in [0.5, 0.6) is 0 Å². The van der Waals surface area contributed by atoms with Gasteiger partial charge in [-0.25, -0.2) is 0 Å². The van der Waals surface area contributed by atoms with Gasteiger partial charge in [0.05, 0.1) is 11.4 Å². The third kappa shape index (κ3) is 4.79. The molecule has 1 aromatic heterocycles. The van der Waals surface area contributed by atoms with Crippen molar-refractivity contribution in [2.24, 2.45) is 0 Å². The Balaban J connectivity index is 2.58. The van der Waals surface area contributed by atoms with Gasteiger partial charge in [0.2, 0.25) is 0 Å². The minimum absolute atomic E-state index is 0.475. The Morgan fingerprint density at radius 2 is 2.06 bits per heavy atom. The van der Waals surface area contributed by atoms with E-state index in [9.17, 15) is 0 Å². The lowest BCUT2D eigenvalue weighted by atomic mass is 10.1. The van der Waals surface area contributed by atoms with E-state index in [2.05, 4.69) is 54.4 Å². The Kier molecular flexibility index (Phi) is 5.51. The first-order chi connectivity index (χ1) is 8.02. The van der Waals surface area contributed by atoms with Crippen LogP contribution < -0.4 is 5.32 Å². The smallest absolute Gasteiger partial charge is 0.0673 e. The van der Waals surface area contributed by atoms with Crippen molar-refractivity contribution in [3.05, 3.63) is 23.0 Å². The Labute approximate surface area is 104 Å². The van der Waals surface area contributed by atoms with Gasteiger partial charge >= 0.3 is 0 Å². The molecule has 0 aromatic carbocycles. The molecule has 0 fully saturated rings. The van der Waals surface area contributed by atoms with Crippen LogP contribution >= 0.6 is 0 Å². The van der Waals surface area contributed by atoms with E-state index in [-0.39, 0.29) is 0 Å². The molecule has 0 spiro atoms. The van der Waals surface area contributed by atoms with Gasteiger partial charge in [-0.1, -0.05) is 6.92 Å². The van der Waals surface area contributed by atoms with E-state index in [0.717, 1.165) is 30.9 Å². The molecule has 0 aliphatic rings. The van der Waals surface area contributed by atoms with E-state index < -0.39 is 0 Å². The van der Waals surface area contributed by atoms with Crippen LogP contribution in [0, 0.1) is 6.92 Å². The van der Waals surface area contributed by atoms with Gasteiger partial charge in [-0.3, -0.25) is 0 Å². The van der Waals surface area contributed by atoms with E-state index in [0.29, 0.717) is 6.04 Å². The highest BCUT2D eigenvalue weighted by atomic mass is 15.1. The van der Waals surface area contributed by atoms with Gasteiger partial charge in [-0.15, -0.1) is 0 Å². The topological polar surface area (TPSA) is 41.1 Å². The average molecular weight is 236 g/mol. The molecule has 1 aromatic rings. The van der Waals surface area contributed by atoms with Crippen molar-refractivity contribution in [1.29, 1.82) is 0 Å². The molecule has 1 atom stereocenters. The number of aromatic nitrogens is 2. The van der Waals surface area contributed by atoms with Crippen molar-refractivity contribution in [2.75, 3.05) is 20.6 Å². The van der Waals surface area contributed by atoms with Crippen LogP contribution in [0.25, 0.3) is 0 Å². The zero-order chi connectivity index (χ0) is 12.8. The monoisotopic (exact) mass is 236 g/mol. The van der Waals surface area contributed by atoms with Gasteiger partial charge in [-0.2, -0.15) is 10.2 Å². The summed E-state index contributed by atoms with van der Waals surface area (Å²) in [5.74, 6) is 0. The van der Waals surface area contributed by atoms with Crippen molar-refractivity contribution in [1.82, 2.24) is 20.4 Å². The second-order valence-electron chi connectivity index (χ2n) is 4.86. The largest absolute Gasteiger partial charge is 0.309 e. The summed E-state index contributed by atoms with van der Waals surface area (Å²) >= 11 is 0. The molecular weight excluding hydrogens is 212 g/mol. The summed E-state index contributed by atoms with van der Waals surface area (Å²) in [6.07, 6.45) is 0.937. The molecule has 96 valence electrons. The summed E-state index contributed by atoms with van der Waals surface area (Å²) < 4.78 is 0. The summed E-state index contributed by atoms with van der Waals surface area (Å²) in [5.41, 5.74) is 3.35. The molecule has 0 aliphatic heterocycles. The fraction of sp³-hybridized carbons (Fsp3) is 0.692. The van der Waals surface area contributed by atoms with Gasteiger partial charge in [0.25, 0.3) is 0 Å². The first kappa shape index (κ1) is 14.1. The second-order valence-corrected chi connectivity index (χ2v) is 4.86. The molecule has 1 N–H and O–H groups in total. The van der Waals surface area contributed by atoms with Crippen molar-refractivity contribution in [3.63, 3.8) is 0 Å². The maximum absolute atomic E-state index is 4.24. The predicted octanol–water partition coefficient (Wildman–Crippen LogP) is 1.39. The van der Waals surface area contributed by atoms with Gasteiger partial charge in [0.1, 0.15) is 0 Å². The first-order valence-corrected chi connectivity index (χ1v) is 6.23. The van der Waals surface area contributed by atoms with E-state index in [4.69, 9.17) is 0 Å². The minimum Gasteiger partial charge on any atom is -0.309 e. The van der Waals surface area contributed by atoms with E-state index in [1.807, 2.05) is 6.92 Å². The molecular formula is C13H24N4. The maximum Gasteiger partial charge on any atom is 0.0673 e. The lowest BCUT2D eigenvalue weighted by Crippen LogP contribution is -2.35. The summed E-state index contributed by atoms with van der Waals surface area (Å²) in [5, 5.41) is 11.9. The van der Waals surface area contributed by atoms with Crippen LogP contribution in [0.2, 0.25) is 0 Å². The molecule has 0 saturated heterocycles. The zero-order valence-corrected chi connectivity index (χ0v) is 11.6. The van der Waals surface area contributed by atoms with Gasteiger partial charge < -0.3 is 10.2 Å². The van der Waals surface area contributed by atoms with Crippen LogP contribution in [-0.2, 0) is 13.0 Å². The molecule has 0 bridgehead atoms. The predicted molar refractivity (Wildman–Crippen MR) is 71.0 cm³/mol. The molecule has 1 heterocycles. The molecule has 1 rings (SSSR count). The third-order valence-electron chi connectivity index (χ3n) is 2.70. The SMILES string of the molecule is CCc1nnc(C)cc1CNC(C)CN(C)C. The number of nitrogens with one attached hydrogen (secondary N) is 1. The Hall–Kier alpha value is -1.00. The highest BCUT2D eigenvalue weighted by Crippen LogP contribution is 2.07. The van der Waals surface area contributed by atoms with E-state index >= 15 is 0 Å². The number of aryl methyl sites for hydroxylation is 2. The van der Waals surface area contributed by atoms with E-state index in [1.54, 1.807) is 0 Å². The summed E-state index contributed by atoms with van der Waals surface area (Å²) in [4.78, 5) is 2.19. The Morgan fingerprint density at radius 3 is 2.65 bits per heavy atom. The summed E-state index contributed by atoms with van der Waals surface area (Å²) in [6, 6.07) is 2.60. The standard InChI is InChI=1S/C13H24N4/c1-6-13-12(7-10(2)15-16-13)8-14-11(3)9-17(4)5/h7,11,14H,6,8-9H2,1-5H3. The normalized spacial score (nSPS) is 13.1. The fourth-order valence-corrected chi connectivity index (χ4v) is 1.92. The van der Waals surface area contributed by atoms with Crippen LogP contribution in [0.4, 0.5) is 0 Å². The second kappa shape index (κ2) is 6.67. The Morgan fingerprint density at radius 1 is 1.35 bits per heavy atom. The number of hydrogen-bond acceptors (Lipinski definition) is 4. The van der Waals surface area contributed by atoms with Crippen molar-refractivity contribution in [3.8, 4) is 0 Å². The number of rotatable bonds is 6. The molecule has 17 heavy (non-hydrogen) atoms. The van der Waals surface area contributed by atoms with Gasteiger partial charge in [0.15, 0.2) is 0 Å². The Bertz CT molecular complexity index is 349. The molecule has 4 heteroatoms. The fourth-order valence-electron chi connectivity index (χ4n) is 1.92. The number of nitrogens with zero attached hydrogens (tertiary/aromatic N) is 3. The summed E-state index contributed by atoms with van der Waals surface area (Å²) in [6.45, 7) is 8.21. The zero-order valence-electron chi connectivity index (χ0n) is 11.6. The van der Waals surface area contributed by atoms with Gasteiger partial charge in [-0.05, 0) is 46.0 Å². The van der Waals surface area contributed by atoms with Crippen molar-refractivity contribution < 1.29 is 0 Å². The lowest BCUT2D eigenvalue weighted by molar-refractivity contribution is 0.349. The molecule has 0 radical (unpaired) electrons. The van der Waals surface area contributed by atoms with Gasteiger partial charge in [0, 0.05) is 19.1 Å². The molecule has 0 aliphatic carbocycles. The molecule has 4 nitrogen and oxygen atoms in total. The average Bonchev–Trinajstić information content (AvgIpc) is 2.25. The van der Waals surface area contributed by atoms with E-state index in [1.165, 1.54) is 5.56 Å². The van der Waals surface area contributed by atoms with Crippen LogP contribution in [0.1, 0.15) is 30.8 Å². The van der Waals surface area contributed by atoms with Crippen molar-refractivity contribution in [2.45, 2.75) is 39.8 Å². The highest BCUT2D eigenvalue weighted by Gasteiger charge is 2.07. The van der Waals surface area contributed by atoms with Crippen LogP contribution in [0.15, 0.2) is 6.07 Å². The molecule has 1 unspecified atom stereocenters. The number of likely N-dealkylation sites (N-methyl/N-ethyl adjacent to an activating group) is 1. The quantitative estimate of drug-likeness (QED) is 0.810. The highest BCUT2D eigenvalue weighted by molar-refractivity contribution is 5.20. The summed E-state index contributed by atoms with van der Waals surface area (Å²) in [7, 11) is 4.18. The maximum atomic E-state index is 4.24. The van der Waals surface area contributed by atoms with Crippen LogP contribution in [-0.4, -0.2) is 41.8 Å². The third-order valence-corrected chi connectivity index (χ3v) is 2.70. The van der Waals surface area contributed by atoms with Crippen LogP contribution in [0.3, 0.4) is 0 Å². The minimum atomic E-state index is 0.475. The lowest BCUT2D eigenvalue weighted by Gasteiger charge is -2.19. The molecule has 0 amide bonds. The van der Waals surface area contributed by atoms with Crippen molar-refractivity contribution >= 4 is 0 Å². The first-order valence-electron chi connectivity index (χ1n) is 6.23. The number of hydrogen-bond donors (Lipinski definition) is 1.